The SMILES string of the molecule is Nc1nn(-c2ccc(Cl)cc2I)c2c1CCCC2. The van der Waals surface area contributed by atoms with E-state index in [0.29, 0.717) is 5.82 Å². The fourth-order valence-electron chi connectivity index (χ4n) is 2.48. The fraction of sp³-hybridized carbons (Fsp3) is 0.308. The number of aromatic nitrogens is 2. The van der Waals surface area contributed by atoms with Crippen LogP contribution in [0.3, 0.4) is 0 Å². The van der Waals surface area contributed by atoms with Crippen LogP contribution < -0.4 is 5.73 Å². The molecule has 0 bridgehead atoms. The molecule has 0 saturated heterocycles. The number of hydrogen-bond donors (Lipinski definition) is 1. The summed E-state index contributed by atoms with van der Waals surface area (Å²) in [6.45, 7) is 0. The minimum atomic E-state index is 0.676. The molecule has 0 spiro atoms. The van der Waals surface area contributed by atoms with E-state index >= 15 is 0 Å². The molecule has 0 aliphatic heterocycles. The van der Waals surface area contributed by atoms with Crippen LogP contribution in [0.25, 0.3) is 5.69 Å². The predicted molar refractivity (Wildman–Crippen MR) is 82.3 cm³/mol. The van der Waals surface area contributed by atoms with Crippen molar-refractivity contribution in [1.29, 1.82) is 0 Å². The van der Waals surface area contributed by atoms with Crippen LogP contribution in [-0.2, 0) is 12.8 Å². The quantitative estimate of drug-likeness (QED) is 0.776. The molecule has 94 valence electrons. The monoisotopic (exact) mass is 373 g/mol. The lowest BCUT2D eigenvalue weighted by Crippen LogP contribution is -2.08. The number of rotatable bonds is 1. The van der Waals surface area contributed by atoms with Gasteiger partial charge in [-0.2, -0.15) is 5.10 Å². The standard InChI is InChI=1S/C13H13ClIN3/c14-8-5-6-12(10(15)7-8)18-11-4-2-1-3-9(11)13(16)17-18/h5-7H,1-4H2,(H2,16,17). The highest BCUT2D eigenvalue weighted by atomic mass is 127. The Morgan fingerprint density at radius 3 is 2.83 bits per heavy atom. The van der Waals surface area contributed by atoms with E-state index in [9.17, 15) is 0 Å². The number of anilines is 1. The average Bonchev–Trinajstić information content (AvgIpc) is 2.68. The Kier molecular flexibility index (Phi) is 3.23. The van der Waals surface area contributed by atoms with Gasteiger partial charge in [0.25, 0.3) is 0 Å². The average molecular weight is 374 g/mol. The number of fused-ring (bicyclic) bond motifs is 1. The molecule has 18 heavy (non-hydrogen) atoms. The maximum absolute atomic E-state index is 6.02. The van der Waals surface area contributed by atoms with E-state index in [4.69, 9.17) is 17.3 Å². The van der Waals surface area contributed by atoms with Gasteiger partial charge in [-0.25, -0.2) is 4.68 Å². The van der Waals surface area contributed by atoms with Crippen molar-refractivity contribution in [1.82, 2.24) is 9.78 Å². The second-order valence-corrected chi connectivity index (χ2v) is 6.12. The summed E-state index contributed by atoms with van der Waals surface area (Å²) in [7, 11) is 0. The van der Waals surface area contributed by atoms with Crippen molar-refractivity contribution in [2.75, 3.05) is 5.73 Å². The van der Waals surface area contributed by atoms with Crippen molar-refractivity contribution in [3.05, 3.63) is 38.0 Å². The van der Waals surface area contributed by atoms with E-state index in [1.807, 2.05) is 22.9 Å². The molecular weight excluding hydrogens is 361 g/mol. The van der Waals surface area contributed by atoms with Crippen LogP contribution in [0.4, 0.5) is 5.82 Å². The summed E-state index contributed by atoms with van der Waals surface area (Å²) in [5.74, 6) is 0.676. The summed E-state index contributed by atoms with van der Waals surface area (Å²) in [6, 6.07) is 5.85. The molecule has 2 N–H and O–H groups in total. The van der Waals surface area contributed by atoms with Gasteiger partial charge in [-0.1, -0.05) is 11.6 Å². The van der Waals surface area contributed by atoms with Crippen molar-refractivity contribution in [2.45, 2.75) is 25.7 Å². The second-order valence-electron chi connectivity index (χ2n) is 4.53. The topological polar surface area (TPSA) is 43.8 Å². The van der Waals surface area contributed by atoms with Crippen molar-refractivity contribution in [2.24, 2.45) is 0 Å². The lowest BCUT2D eigenvalue weighted by molar-refractivity contribution is 0.653. The van der Waals surface area contributed by atoms with Gasteiger partial charge >= 0.3 is 0 Å². The molecule has 1 aromatic carbocycles. The highest BCUT2D eigenvalue weighted by molar-refractivity contribution is 14.1. The molecule has 0 unspecified atom stereocenters. The molecule has 1 heterocycles. The van der Waals surface area contributed by atoms with E-state index in [0.717, 1.165) is 27.1 Å². The van der Waals surface area contributed by atoms with Crippen LogP contribution in [0, 0.1) is 3.57 Å². The van der Waals surface area contributed by atoms with Gasteiger partial charge in [0.15, 0.2) is 0 Å². The number of hydrogen-bond acceptors (Lipinski definition) is 2. The van der Waals surface area contributed by atoms with E-state index in [1.54, 1.807) is 0 Å². The first-order valence-corrected chi connectivity index (χ1v) is 7.44. The molecule has 0 amide bonds. The Morgan fingerprint density at radius 2 is 2.06 bits per heavy atom. The predicted octanol–water partition coefficient (Wildman–Crippen LogP) is 3.59. The minimum Gasteiger partial charge on any atom is -0.382 e. The van der Waals surface area contributed by atoms with Gasteiger partial charge < -0.3 is 5.73 Å². The van der Waals surface area contributed by atoms with Gasteiger partial charge in [0.1, 0.15) is 5.82 Å². The van der Waals surface area contributed by atoms with Gasteiger partial charge in [-0.05, 0) is 66.5 Å². The summed E-state index contributed by atoms with van der Waals surface area (Å²) in [5.41, 5.74) is 9.58. The summed E-state index contributed by atoms with van der Waals surface area (Å²) < 4.78 is 3.08. The maximum Gasteiger partial charge on any atom is 0.149 e. The zero-order valence-corrected chi connectivity index (χ0v) is 12.7. The zero-order chi connectivity index (χ0) is 12.7. The lowest BCUT2D eigenvalue weighted by atomic mass is 9.97. The van der Waals surface area contributed by atoms with Crippen LogP contribution >= 0.6 is 34.2 Å². The number of benzene rings is 1. The highest BCUT2D eigenvalue weighted by Gasteiger charge is 2.20. The summed E-state index contributed by atoms with van der Waals surface area (Å²) in [5, 5.41) is 5.25. The molecular formula is C13H13ClIN3. The fourth-order valence-corrected chi connectivity index (χ4v) is 3.58. The third kappa shape index (κ3) is 2.01. The molecule has 1 aliphatic rings. The second kappa shape index (κ2) is 4.74. The van der Waals surface area contributed by atoms with Gasteiger partial charge in [-0.15, -0.1) is 0 Å². The van der Waals surface area contributed by atoms with Crippen molar-refractivity contribution in [3.8, 4) is 5.69 Å². The van der Waals surface area contributed by atoms with E-state index in [1.165, 1.54) is 24.1 Å². The zero-order valence-electron chi connectivity index (χ0n) is 9.79. The third-order valence-electron chi connectivity index (χ3n) is 3.35. The van der Waals surface area contributed by atoms with Gasteiger partial charge in [0.2, 0.25) is 0 Å². The Hall–Kier alpha value is -0.750. The number of halogens is 2. The van der Waals surface area contributed by atoms with E-state index < -0.39 is 0 Å². The van der Waals surface area contributed by atoms with E-state index in [-0.39, 0.29) is 0 Å². The normalized spacial score (nSPS) is 14.6. The Labute approximate surface area is 124 Å². The maximum atomic E-state index is 6.02. The molecule has 3 nitrogen and oxygen atoms in total. The molecule has 1 aromatic heterocycles. The van der Waals surface area contributed by atoms with Crippen molar-refractivity contribution in [3.63, 3.8) is 0 Å². The first-order chi connectivity index (χ1) is 8.66. The lowest BCUT2D eigenvalue weighted by Gasteiger charge is -2.14. The summed E-state index contributed by atoms with van der Waals surface area (Å²) in [4.78, 5) is 0. The van der Waals surface area contributed by atoms with Crippen LogP contribution in [0.2, 0.25) is 5.02 Å². The van der Waals surface area contributed by atoms with Crippen molar-refractivity contribution < 1.29 is 0 Å². The number of nitrogens with two attached hydrogens (primary N) is 1. The summed E-state index contributed by atoms with van der Waals surface area (Å²) in [6.07, 6.45) is 4.52. The molecule has 2 aromatic rings. The third-order valence-corrected chi connectivity index (χ3v) is 4.45. The van der Waals surface area contributed by atoms with Crippen LogP contribution in [0.5, 0.6) is 0 Å². The molecule has 3 rings (SSSR count). The molecule has 1 aliphatic carbocycles. The van der Waals surface area contributed by atoms with Crippen LogP contribution in [0.15, 0.2) is 18.2 Å². The first kappa shape index (κ1) is 12.3. The smallest absolute Gasteiger partial charge is 0.149 e. The van der Waals surface area contributed by atoms with Gasteiger partial charge in [-0.3, -0.25) is 0 Å². The Balaban J connectivity index is 2.17. The molecule has 5 heteroatoms. The largest absolute Gasteiger partial charge is 0.382 e. The van der Waals surface area contributed by atoms with Crippen molar-refractivity contribution >= 4 is 40.0 Å². The molecule has 0 atom stereocenters. The summed E-state index contributed by atoms with van der Waals surface area (Å²) >= 11 is 8.28. The molecule has 0 radical (unpaired) electrons. The van der Waals surface area contributed by atoms with E-state index in [2.05, 4.69) is 27.7 Å². The highest BCUT2D eigenvalue weighted by Crippen LogP contribution is 2.30. The Bertz CT molecular complexity index is 607. The van der Waals surface area contributed by atoms with Crippen LogP contribution in [-0.4, -0.2) is 9.78 Å². The molecule has 0 fully saturated rings. The Morgan fingerprint density at radius 1 is 1.28 bits per heavy atom. The number of nitrogen functional groups attached to an aromatic ring is 1. The minimum absolute atomic E-state index is 0.676. The number of nitrogens with zero attached hydrogens (tertiary/aromatic N) is 2. The molecule has 0 saturated carbocycles. The van der Waals surface area contributed by atoms with Crippen LogP contribution in [0.1, 0.15) is 24.1 Å². The first-order valence-electron chi connectivity index (χ1n) is 5.98. The van der Waals surface area contributed by atoms with Gasteiger partial charge in [0, 0.05) is 19.9 Å². The van der Waals surface area contributed by atoms with Gasteiger partial charge in [0.05, 0.1) is 5.69 Å².